The molecule has 0 aromatic carbocycles. The van der Waals surface area contributed by atoms with Gasteiger partial charge in [-0.25, -0.2) is 9.35 Å². The van der Waals surface area contributed by atoms with Crippen LogP contribution in [0.4, 0.5) is 0 Å². The SMILES string of the molecule is O=c1cc(S(=O)(=O)O)ccn1-n1cnnc1. The molecule has 9 heteroatoms. The standard InChI is InChI=1S/C7H6N4O4S/c12-7-3-6(16(13,14)15)1-2-11(7)10-4-8-9-5-10/h1-5H,(H,13,14,15). The number of hydrogen-bond acceptors (Lipinski definition) is 5. The normalized spacial score (nSPS) is 11.6. The molecule has 0 amide bonds. The minimum atomic E-state index is -4.36. The van der Waals surface area contributed by atoms with Crippen LogP contribution in [0.3, 0.4) is 0 Å². The van der Waals surface area contributed by atoms with Crippen LogP contribution in [0, 0.1) is 0 Å². The molecule has 0 bridgehead atoms. The Morgan fingerprint density at radius 3 is 2.38 bits per heavy atom. The first kappa shape index (κ1) is 10.5. The van der Waals surface area contributed by atoms with Gasteiger partial charge in [0, 0.05) is 12.3 Å². The van der Waals surface area contributed by atoms with E-state index in [1.165, 1.54) is 23.5 Å². The van der Waals surface area contributed by atoms with Crippen LogP contribution >= 0.6 is 0 Å². The molecule has 16 heavy (non-hydrogen) atoms. The molecular weight excluding hydrogens is 236 g/mol. The Hall–Kier alpha value is -2.00. The van der Waals surface area contributed by atoms with Crippen LogP contribution in [0.1, 0.15) is 0 Å². The molecule has 84 valence electrons. The third-order valence-electron chi connectivity index (χ3n) is 1.82. The predicted octanol–water partition coefficient (Wildman–Crippen LogP) is -1.00. The van der Waals surface area contributed by atoms with Crippen LogP contribution in [-0.4, -0.2) is 32.5 Å². The van der Waals surface area contributed by atoms with Crippen molar-refractivity contribution in [3.05, 3.63) is 41.3 Å². The first-order chi connectivity index (χ1) is 7.48. The summed E-state index contributed by atoms with van der Waals surface area (Å²) in [7, 11) is -4.36. The molecular formula is C7H6N4O4S. The van der Waals surface area contributed by atoms with Crippen LogP contribution < -0.4 is 5.56 Å². The van der Waals surface area contributed by atoms with Gasteiger partial charge in [0.2, 0.25) is 0 Å². The zero-order chi connectivity index (χ0) is 11.8. The number of hydrogen-bond donors (Lipinski definition) is 1. The minimum Gasteiger partial charge on any atom is -0.282 e. The fourth-order valence-electron chi connectivity index (χ4n) is 1.11. The predicted molar refractivity (Wildman–Crippen MR) is 51.3 cm³/mol. The smallest absolute Gasteiger partial charge is 0.282 e. The second kappa shape index (κ2) is 3.54. The molecule has 0 atom stereocenters. The van der Waals surface area contributed by atoms with Gasteiger partial charge in [-0.15, -0.1) is 10.2 Å². The first-order valence-electron chi connectivity index (χ1n) is 4.04. The van der Waals surface area contributed by atoms with Gasteiger partial charge in [-0.3, -0.25) is 9.35 Å². The molecule has 2 aromatic rings. The molecule has 0 saturated carbocycles. The highest BCUT2D eigenvalue weighted by atomic mass is 32.2. The van der Waals surface area contributed by atoms with E-state index in [1.807, 2.05) is 0 Å². The molecule has 0 aliphatic carbocycles. The summed E-state index contributed by atoms with van der Waals surface area (Å²) in [5.41, 5.74) is -0.630. The molecule has 0 aliphatic heterocycles. The van der Waals surface area contributed by atoms with Gasteiger partial charge in [0.15, 0.2) is 0 Å². The molecule has 0 fully saturated rings. The van der Waals surface area contributed by atoms with Gasteiger partial charge in [0.05, 0.1) is 0 Å². The summed E-state index contributed by atoms with van der Waals surface area (Å²) in [6, 6.07) is 1.89. The minimum absolute atomic E-state index is 0.457. The second-order valence-electron chi connectivity index (χ2n) is 2.86. The van der Waals surface area contributed by atoms with E-state index in [1.54, 1.807) is 0 Å². The molecule has 0 saturated heterocycles. The quantitative estimate of drug-likeness (QED) is 0.677. The zero-order valence-corrected chi connectivity index (χ0v) is 8.57. The molecule has 1 N–H and O–H groups in total. The summed E-state index contributed by atoms with van der Waals surface area (Å²) in [5.74, 6) is 0. The van der Waals surface area contributed by atoms with Crippen molar-refractivity contribution in [1.29, 1.82) is 0 Å². The summed E-state index contributed by atoms with van der Waals surface area (Å²) in [6.07, 6.45) is 3.73. The van der Waals surface area contributed by atoms with Crippen LogP contribution in [0.5, 0.6) is 0 Å². The maximum absolute atomic E-state index is 11.5. The van der Waals surface area contributed by atoms with Crippen molar-refractivity contribution < 1.29 is 13.0 Å². The van der Waals surface area contributed by atoms with E-state index >= 15 is 0 Å². The second-order valence-corrected chi connectivity index (χ2v) is 4.28. The zero-order valence-electron chi connectivity index (χ0n) is 7.76. The number of pyridine rings is 1. The van der Waals surface area contributed by atoms with Crippen LogP contribution in [0.25, 0.3) is 0 Å². The van der Waals surface area contributed by atoms with Gasteiger partial charge in [0.1, 0.15) is 17.6 Å². The summed E-state index contributed by atoms with van der Waals surface area (Å²) >= 11 is 0. The van der Waals surface area contributed by atoms with Gasteiger partial charge in [0.25, 0.3) is 15.7 Å². The van der Waals surface area contributed by atoms with Crippen LogP contribution in [-0.2, 0) is 10.1 Å². The summed E-state index contributed by atoms with van der Waals surface area (Å²) < 4.78 is 32.6. The molecule has 2 rings (SSSR count). The number of rotatable bonds is 2. The van der Waals surface area contributed by atoms with Crippen molar-refractivity contribution in [2.75, 3.05) is 0 Å². The average Bonchev–Trinajstić information content (AvgIpc) is 2.69. The Kier molecular flexibility index (Phi) is 2.33. The molecule has 0 aliphatic rings. The lowest BCUT2D eigenvalue weighted by molar-refractivity contribution is 0.482. The van der Waals surface area contributed by atoms with Crippen molar-refractivity contribution in [3.63, 3.8) is 0 Å². The van der Waals surface area contributed by atoms with E-state index in [-0.39, 0.29) is 0 Å². The maximum Gasteiger partial charge on any atom is 0.294 e. The number of nitrogens with zero attached hydrogens (tertiary/aromatic N) is 4. The summed E-state index contributed by atoms with van der Waals surface area (Å²) in [5, 5.41) is 6.99. The van der Waals surface area contributed by atoms with Crippen molar-refractivity contribution in [2.24, 2.45) is 0 Å². The van der Waals surface area contributed by atoms with Crippen molar-refractivity contribution in [3.8, 4) is 0 Å². The lowest BCUT2D eigenvalue weighted by atomic mass is 10.5. The number of aromatic nitrogens is 4. The monoisotopic (exact) mass is 242 g/mol. The van der Waals surface area contributed by atoms with Gasteiger partial charge >= 0.3 is 0 Å². The highest BCUT2D eigenvalue weighted by Gasteiger charge is 2.11. The van der Waals surface area contributed by atoms with E-state index in [4.69, 9.17) is 4.55 Å². The van der Waals surface area contributed by atoms with E-state index in [2.05, 4.69) is 10.2 Å². The van der Waals surface area contributed by atoms with E-state index in [9.17, 15) is 13.2 Å². The van der Waals surface area contributed by atoms with E-state index in [0.717, 1.165) is 16.8 Å². The van der Waals surface area contributed by atoms with Gasteiger partial charge in [-0.05, 0) is 6.07 Å². The van der Waals surface area contributed by atoms with Crippen molar-refractivity contribution >= 4 is 10.1 Å². The van der Waals surface area contributed by atoms with Gasteiger partial charge in [-0.2, -0.15) is 8.42 Å². The van der Waals surface area contributed by atoms with Crippen molar-refractivity contribution in [1.82, 2.24) is 19.5 Å². The lowest BCUT2D eigenvalue weighted by Gasteiger charge is -2.04. The Morgan fingerprint density at radius 2 is 1.88 bits per heavy atom. The van der Waals surface area contributed by atoms with E-state index < -0.39 is 20.6 Å². The Bertz CT molecular complexity index is 658. The molecule has 2 aromatic heterocycles. The van der Waals surface area contributed by atoms with Gasteiger partial charge in [-0.1, -0.05) is 0 Å². The highest BCUT2D eigenvalue weighted by molar-refractivity contribution is 7.85. The molecule has 0 spiro atoms. The Labute approximate surface area is 89.5 Å². The first-order valence-corrected chi connectivity index (χ1v) is 5.48. The topological polar surface area (TPSA) is 107 Å². The molecule has 0 unspecified atom stereocenters. The highest BCUT2D eigenvalue weighted by Crippen LogP contribution is 2.03. The van der Waals surface area contributed by atoms with E-state index in [0.29, 0.717) is 0 Å². The third kappa shape index (κ3) is 1.85. The van der Waals surface area contributed by atoms with Crippen LogP contribution in [0.15, 0.2) is 40.7 Å². The Morgan fingerprint density at radius 1 is 1.25 bits per heavy atom. The molecule has 2 heterocycles. The molecule has 0 radical (unpaired) electrons. The van der Waals surface area contributed by atoms with Crippen molar-refractivity contribution in [2.45, 2.75) is 4.90 Å². The third-order valence-corrected chi connectivity index (χ3v) is 2.67. The Balaban J connectivity index is 2.59. The van der Waals surface area contributed by atoms with Gasteiger partial charge < -0.3 is 0 Å². The summed E-state index contributed by atoms with van der Waals surface area (Å²) in [6.45, 7) is 0. The molecule has 8 nitrogen and oxygen atoms in total. The fourth-order valence-corrected chi connectivity index (χ4v) is 1.59. The average molecular weight is 242 g/mol. The summed E-state index contributed by atoms with van der Waals surface area (Å²) in [4.78, 5) is 11.0. The lowest BCUT2D eigenvalue weighted by Crippen LogP contribution is -2.24. The largest absolute Gasteiger partial charge is 0.294 e. The maximum atomic E-state index is 11.5. The fraction of sp³-hybridized carbons (Fsp3) is 0. The van der Waals surface area contributed by atoms with Crippen LogP contribution in [0.2, 0.25) is 0 Å².